The topological polar surface area (TPSA) is 166 Å². The predicted molar refractivity (Wildman–Crippen MR) is 132 cm³/mol. The minimum absolute atomic E-state index is 0.241. The van der Waals surface area contributed by atoms with Crippen LogP contribution in [0.1, 0.15) is 37.7 Å². The number of para-hydroxylation sites is 1. The van der Waals surface area contributed by atoms with Crippen molar-refractivity contribution >= 4 is 34.7 Å². The number of aliphatic carboxylic acids is 2. The zero-order chi connectivity index (χ0) is 25.8. The van der Waals surface area contributed by atoms with E-state index in [1.807, 2.05) is 42.6 Å². The molecule has 0 radical (unpaired) electrons. The highest BCUT2D eigenvalue weighted by Crippen LogP contribution is 2.31. The van der Waals surface area contributed by atoms with Crippen molar-refractivity contribution in [3.63, 3.8) is 0 Å². The van der Waals surface area contributed by atoms with Crippen molar-refractivity contribution < 1.29 is 29.4 Å². The van der Waals surface area contributed by atoms with Crippen LogP contribution in [-0.4, -0.2) is 68.5 Å². The van der Waals surface area contributed by atoms with Crippen LogP contribution >= 0.6 is 0 Å². The summed E-state index contributed by atoms with van der Waals surface area (Å²) in [6.07, 6.45) is 7.26. The molecule has 1 aromatic carbocycles. The molecule has 1 aliphatic carbocycles. The summed E-state index contributed by atoms with van der Waals surface area (Å²) < 4.78 is 0. The molecule has 10 heteroatoms. The maximum absolute atomic E-state index is 13.6. The number of aromatic nitrogens is 1. The molecular formula is C26H30N4O6. The van der Waals surface area contributed by atoms with E-state index in [1.165, 1.54) is 4.90 Å². The Labute approximate surface area is 207 Å². The molecule has 6 N–H and O–H groups in total. The lowest BCUT2D eigenvalue weighted by Gasteiger charge is -2.39. The summed E-state index contributed by atoms with van der Waals surface area (Å²) in [7, 11) is 0. The van der Waals surface area contributed by atoms with Gasteiger partial charge in [0.05, 0.1) is 6.04 Å². The van der Waals surface area contributed by atoms with Gasteiger partial charge in [0.15, 0.2) is 0 Å². The van der Waals surface area contributed by atoms with Gasteiger partial charge in [-0.25, -0.2) is 4.79 Å². The van der Waals surface area contributed by atoms with E-state index in [-0.39, 0.29) is 31.7 Å². The van der Waals surface area contributed by atoms with E-state index >= 15 is 0 Å². The number of allylic oxidation sites excluding steroid dienone is 2. The van der Waals surface area contributed by atoms with Crippen molar-refractivity contribution in [3.05, 3.63) is 59.3 Å². The summed E-state index contributed by atoms with van der Waals surface area (Å²) in [4.78, 5) is 54.0. The minimum Gasteiger partial charge on any atom is -0.481 e. The standard InChI is InChI=1S/C26H30N4O6/c27-19(11-17-13-28-20-8-4-3-7-18(17)20)25(34)30-14-16-6-2-1-5-15(16)12-22(30)24(33)29-21(26(35)36)9-10-23(31)32/h1,3-5,7-8,13,19,21-22,28H,2,6,9-12,14,27H2,(H,29,33)(H,31,32)(H,35,36)/t19-,21+,22-/m0/s1. The lowest BCUT2D eigenvalue weighted by Crippen LogP contribution is -2.58. The first-order valence-electron chi connectivity index (χ1n) is 12.0. The third kappa shape index (κ3) is 5.49. The van der Waals surface area contributed by atoms with Crippen LogP contribution in [0.5, 0.6) is 0 Å². The first-order valence-corrected chi connectivity index (χ1v) is 12.0. The highest BCUT2D eigenvalue weighted by atomic mass is 16.4. The molecule has 0 saturated carbocycles. The molecule has 1 aromatic heterocycles. The van der Waals surface area contributed by atoms with E-state index < -0.39 is 42.4 Å². The van der Waals surface area contributed by atoms with Gasteiger partial charge in [-0.15, -0.1) is 0 Å². The first kappa shape index (κ1) is 25.2. The van der Waals surface area contributed by atoms with Crippen molar-refractivity contribution in [1.29, 1.82) is 0 Å². The van der Waals surface area contributed by atoms with Crippen LogP contribution in [0, 0.1) is 0 Å². The molecule has 36 heavy (non-hydrogen) atoms. The van der Waals surface area contributed by atoms with Crippen LogP contribution < -0.4 is 11.1 Å². The zero-order valence-corrected chi connectivity index (χ0v) is 19.8. The second-order valence-electron chi connectivity index (χ2n) is 9.26. The highest BCUT2D eigenvalue weighted by molar-refractivity contribution is 5.93. The number of nitrogens with zero attached hydrogens (tertiary/aromatic N) is 1. The van der Waals surface area contributed by atoms with Gasteiger partial charge in [-0.2, -0.15) is 0 Å². The van der Waals surface area contributed by atoms with Crippen LogP contribution in [0.4, 0.5) is 0 Å². The van der Waals surface area contributed by atoms with Crippen molar-refractivity contribution in [1.82, 2.24) is 15.2 Å². The monoisotopic (exact) mass is 494 g/mol. The van der Waals surface area contributed by atoms with E-state index in [0.717, 1.165) is 40.5 Å². The number of nitrogens with one attached hydrogen (secondary N) is 2. The van der Waals surface area contributed by atoms with Crippen LogP contribution in [0.25, 0.3) is 10.9 Å². The molecule has 2 aromatic rings. The molecule has 0 unspecified atom stereocenters. The Hall–Kier alpha value is -3.92. The van der Waals surface area contributed by atoms with Gasteiger partial charge in [0, 0.05) is 36.5 Å². The number of carbonyl (C=O) groups excluding carboxylic acids is 2. The average Bonchev–Trinajstić information content (AvgIpc) is 3.27. The van der Waals surface area contributed by atoms with E-state index in [4.69, 9.17) is 10.8 Å². The summed E-state index contributed by atoms with van der Waals surface area (Å²) in [5.41, 5.74) is 10.2. The minimum atomic E-state index is -1.37. The highest BCUT2D eigenvalue weighted by Gasteiger charge is 2.38. The third-order valence-corrected chi connectivity index (χ3v) is 6.82. The van der Waals surface area contributed by atoms with Gasteiger partial charge in [-0.05, 0) is 48.5 Å². The predicted octanol–water partition coefficient (Wildman–Crippen LogP) is 1.72. The molecule has 10 nitrogen and oxygen atoms in total. The molecule has 3 atom stereocenters. The number of amides is 2. The molecule has 1 aliphatic heterocycles. The van der Waals surface area contributed by atoms with Gasteiger partial charge in [-0.3, -0.25) is 14.4 Å². The Morgan fingerprint density at radius 2 is 1.97 bits per heavy atom. The van der Waals surface area contributed by atoms with Gasteiger partial charge in [0.25, 0.3) is 0 Å². The smallest absolute Gasteiger partial charge is 0.326 e. The van der Waals surface area contributed by atoms with Gasteiger partial charge < -0.3 is 31.1 Å². The molecule has 0 spiro atoms. The lowest BCUT2D eigenvalue weighted by atomic mass is 9.87. The number of hydrogen-bond acceptors (Lipinski definition) is 5. The van der Waals surface area contributed by atoms with E-state index in [9.17, 15) is 24.3 Å². The van der Waals surface area contributed by atoms with Gasteiger partial charge in [0.1, 0.15) is 12.1 Å². The zero-order valence-electron chi connectivity index (χ0n) is 19.8. The van der Waals surface area contributed by atoms with E-state index in [0.29, 0.717) is 0 Å². The Morgan fingerprint density at radius 1 is 1.19 bits per heavy atom. The lowest BCUT2D eigenvalue weighted by molar-refractivity contribution is -0.145. The Balaban J connectivity index is 1.54. The van der Waals surface area contributed by atoms with Crippen molar-refractivity contribution in [2.45, 2.75) is 56.7 Å². The molecule has 2 amide bonds. The first-order chi connectivity index (χ1) is 17.2. The molecule has 0 saturated heterocycles. The molecule has 2 heterocycles. The Kier molecular flexibility index (Phi) is 7.54. The number of aromatic amines is 1. The van der Waals surface area contributed by atoms with Crippen LogP contribution in [0.3, 0.4) is 0 Å². The fourth-order valence-corrected chi connectivity index (χ4v) is 4.89. The summed E-state index contributed by atoms with van der Waals surface area (Å²) in [5, 5.41) is 21.8. The maximum Gasteiger partial charge on any atom is 0.326 e. The molecule has 4 rings (SSSR count). The number of rotatable bonds is 9. The Morgan fingerprint density at radius 3 is 2.72 bits per heavy atom. The van der Waals surface area contributed by atoms with Gasteiger partial charge >= 0.3 is 11.9 Å². The number of fused-ring (bicyclic) bond motifs is 1. The fourth-order valence-electron chi connectivity index (χ4n) is 4.89. The summed E-state index contributed by atoms with van der Waals surface area (Å²) in [5.74, 6) is -3.51. The fraction of sp³-hybridized carbons (Fsp3) is 0.385. The number of carboxylic acids is 2. The van der Waals surface area contributed by atoms with Gasteiger partial charge in [-0.1, -0.05) is 30.4 Å². The number of carboxylic acid groups (broad SMARTS) is 2. The SMILES string of the molecule is N[C@@H](Cc1c[nH]c2ccccc12)C(=O)N1CC2=C(C=CCC2)C[C@H]1C(=O)N[C@H](CCC(=O)O)C(=O)O. The second kappa shape index (κ2) is 10.8. The third-order valence-electron chi connectivity index (χ3n) is 6.82. The number of benzene rings is 1. The second-order valence-corrected chi connectivity index (χ2v) is 9.26. The summed E-state index contributed by atoms with van der Waals surface area (Å²) >= 11 is 0. The normalized spacial score (nSPS) is 19.0. The molecule has 0 fully saturated rings. The van der Waals surface area contributed by atoms with Crippen molar-refractivity contribution in [3.8, 4) is 0 Å². The molecule has 0 bridgehead atoms. The number of carbonyl (C=O) groups is 4. The average molecular weight is 495 g/mol. The maximum atomic E-state index is 13.6. The Bertz CT molecular complexity index is 1250. The van der Waals surface area contributed by atoms with Crippen LogP contribution in [0.15, 0.2) is 53.8 Å². The molecule has 190 valence electrons. The largest absolute Gasteiger partial charge is 0.481 e. The van der Waals surface area contributed by atoms with Gasteiger partial charge in [0.2, 0.25) is 11.8 Å². The number of hydrogen-bond donors (Lipinski definition) is 5. The van der Waals surface area contributed by atoms with Crippen LogP contribution in [0.2, 0.25) is 0 Å². The van der Waals surface area contributed by atoms with Crippen LogP contribution in [-0.2, 0) is 25.6 Å². The summed E-state index contributed by atoms with van der Waals surface area (Å²) in [6.45, 7) is 0.241. The van der Waals surface area contributed by atoms with E-state index in [2.05, 4.69) is 10.3 Å². The number of nitrogens with two attached hydrogens (primary N) is 1. The quantitative estimate of drug-likeness (QED) is 0.354. The van der Waals surface area contributed by atoms with E-state index in [1.54, 1.807) is 0 Å². The van der Waals surface area contributed by atoms with Crippen molar-refractivity contribution in [2.24, 2.45) is 5.73 Å². The molecule has 2 aliphatic rings. The molecular weight excluding hydrogens is 464 g/mol. The van der Waals surface area contributed by atoms with Crippen molar-refractivity contribution in [2.75, 3.05) is 6.54 Å². The summed E-state index contributed by atoms with van der Waals surface area (Å²) in [6, 6.07) is 4.49. The number of H-pyrrole nitrogens is 1.